The summed E-state index contributed by atoms with van der Waals surface area (Å²) in [5, 5.41) is 6.14. The molecular weight excluding hydrogens is 352 g/mol. The highest BCUT2D eigenvalue weighted by atomic mass is 35.5. The van der Waals surface area contributed by atoms with Gasteiger partial charge in [0.2, 0.25) is 0 Å². The molecule has 0 aromatic heterocycles. The van der Waals surface area contributed by atoms with Crippen molar-refractivity contribution in [3.63, 3.8) is 0 Å². The van der Waals surface area contributed by atoms with E-state index in [0.717, 1.165) is 24.2 Å². The molecule has 0 unspecified atom stereocenters. The van der Waals surface area contributed by atoms with E-state index < -0.39 is 0 Å². The second kappa shape index (κ2) is 8.32. The molecule has 0 fully saturated rings. The molecule has 1 aliphatic rings. The largest absolute Gasteiger partial charge is 0.495 e. The van der Waals surface area contributed by atoms with Crippen LogP contribution in [0.3, 0.4) is 0 Å². The number of carbonyl (C=O) groups excluding carboxylic acids is 1. The Bertz CT molecular complexity index is 808. The molecule has 2 amide bonds. The maximum Gasteiger partial charge on any atom is 0.319 e. The molecule has 138 valence electrons. The van der Waals surface area contributed by atoms with Gasteiger partial charge in [0.15, 0.2) is 0 Å². The minimum atomic E-state index is -0.317. The number of amides is 2. The highest BCUT2D eigenvalue weighted by Crippen LogP contribution is 2.30. The lowest BCUT2D eigenvalue weighted by Crippen LogP contribution is -2.32. The van der Waals surface area contributed by atoms with Gasteiger partial charge in [-0.15, -0.1) is 0 Å². The Morgan fingerprint density at radius 2 is 2.00 bits per heavy atom. The Hall–Kier alpha value is -2.40. The summed E-state index contributed by atoms with van der Waals surface area (Å²) in [5.41, 5.74) is 4.23. The first-order chi connectivity index (χ1) is 12.6. The quantitative estimate of drug-likeness (QED) is 0.739. The minimum Gasteiger partial charge on any atom is -0.495 e. The average molecular weight is 375 g/mol. The van der Waals surface area contributed by atoms with E-state index in [4.69, 9.17) is 21.1 Å². The molecular formula is C20H23ClN2O3. The maximum absolute atomic E-state index is 12.1. The molecule has 2 aromatic rings. The van der Waals surface area contributed by atoms with E-state index in [1.807, 2.05) is 13.0 Å². The van der Waals surface area contributed by atoms with Crippen molar-refractivity contribution in [1.82, 2.24) is 5.32 Å². The number of ether oxygens (including phenoxy) is 2. The number of fused-ring (bicyclic) bond motifs is 1. The number of carbonyl (C=O) groups is 1. The SMILES string of the molecule is COc1cc(Cl)c(C)cc1NC(=O)NCCOc1ccc2c(c1)CCC2. The van der Waals surface area contributed by atoms with E-state index in [1.165, 1.54) is 24.7 Å². The fraction of sp³-hybridized carbons (Fsp3) is 0.350. The number of aryl methyl sites for hydroxylation is 3. The Labute approximate surface area is 158 Å². The number of rotatable bonds is 6. The maximum atomic E-state index is 12.1. The van der Waals surface area contributed by atoms with Crippen molar-refractivity contribution >= 4 is 23.3 Å². The lowest BCUT2D eigenvalue weighted by atomic mass is 10.1. The van der Waals surface area contributed by atoms with Gasteiger partial charge in [-0.25, -0.2) is 4.79 Å². The average Bonchev–Trinajstić information content (AvgIpc) is 3.09. The molecule has 0 radical (unpaired) electrons. The lowest BCUT2D eigenvalue weighted by Gasteiger charge is -2.13. The van der Waals surface area contributed by atoms with E-state index in [-0.39, 0.29) is 6.03 Å². The number of hydrogen-bond donors (Lipinski definition) is 2. The number of benzene rings is 2. The van der Waals surface area contributed by atoms with Crippen molar-refractivity contribution in [3.8, 4) is 11.5 Å². The molecule has 0 aliphatic heterocycles. The number of halogens is 1. The first-order valence-electron chi connectivity index (χ1n) is 8.70. The van der Waals surface area contributed by atoms with Crippen LogP contribution in [-0.2, 0) is 12.8 Å². The van der Waals surface area contributed by atoms with E-state index >= 15 is 0 Å². The Morgan fingerprint density at radius 3 is 2.81 bits per heavy atom. The van der Waals surface area contributed by atoms with Crippen molar-refractivity contribution < 1.29 is 14.3 Å². The van der Waals surface area contributed by atoms with Crippen LogP contribution in [0.5, 0.6) is 11.5 Å². The van der Waals surface area contributed by atoms with Crippen molar-refractivity contribution in [1.29, 1.82) is 0 Å². The summed E-state index contributed by atoms with van der Waals surface area (Å²) in [4.78, 5) is 12.1. The summed E-state index contributed by atoms with van der Waals surface area (Å²) >= 11 is 6.07. The molecule has 0 saturated carbocycles. The standard InChI is InChI=1S/C20H23ClN2O3/c1-13-10-18(19(25-2)12-17(13)21)23-20(24)22-8-9-26-16-7-6-14-4-3-5-15(14)11-16/h6-7,10-12H,3-5,8-9H2,1-2H3,(H2,22,23,24). The van der Waals surface area contributed by atoms with E-state index in [0.29, 0.717) is 29.6 Å². The van der Waals surface area contributed by atoms with Gasteiger partial charge in [0.25, 0.3) is 0 Å². The van der Waals surface area contributed by atoms with Crippen molar-refractivity contribution in [2.45, 2.75) is 26.2 Å². The Kier molecular flexibility index (Phi) is 5.89. The molecule has 0 bridgehead atoms. The molecule has 0 atom stereocenters. The van der Waals surface area contributed by atoms with Gasteiger partial charge in [-0.1, -0.05) is 17.7 Å². The van der Waals surface area contributed by atoms with Crippen LogP contribution in [0.25, 0.3) is 0 Å². The van der Waals surface area contributed by atoms with Gasteiger partial charge in [0, 0.05) is 11.1 Å². The van der Waals surface area contributed by atoms with Crippen molar-refractivity contribution in [3.05, 3.63) is 52.0 Å². The van der Waals surface area contributed by atoms with Crippen molar-refractivity contribution in [2.75, 3.05) is 25.6 Å². The zero-order chi connectivity index (χ0) is 18.5. The molecule has 0 saturated heterocycles. The van der Waals surface area contributed by atoms with Crippen molar-refractivity contribution in [2.24, 2.45) is 0 Å². The molecule has 2 N–H and O–H groups in total. The number of methoxy groups -OCH3 is 1. The third kappa shape index (κ3) is 4.41. The smallest absolute Gasteiger partial charge is 0.319 e. The zero-order valence-corrected chi connectivity index (χ0v) is 15.8. The summed E-state index contributed by atoms with van der Waals surface area (Å²) in [7, 11) is 1.54. The molecule has 6 heteroatoms. The third-order valence-electron chi connectivity index (χ3n) is 4.46. The lowest BCUT2D eigenvalue weighted by molar-refractivity contribution is 0.247. The number of anilines is 1. The van der Waals surface area contributed by atoms with Gasteiger partial charge in [-0.2, -0.15) is 0 Å². The first kappa shape index (κ1) is 18.4. The topological polar surface area (TPSA) is 59.6 Å². The predicted molar refractivity (Wildman–Crippen MR) is 104 cm³/mol. The van der Waals surface area contributed by atoms with Crippen LogP contribution in [0, 0.1) is 6.92 Å². The molecule has 1 aliphatic carbocycles. The second-order valence-corrected chi connectivity index (χ2v) is 6.72. The fourth-order valence-corrected chi connectivity index (χ4v) is 3.22. The highest BCUT2D eigenvalue weighted by Gasteiger charge is 2.12. The predicted octanol–water partition coefficient (Wildman–Crippen LogP) is 4.35. The van der Waals surface area contributed by atoms with Crippen LogP contribution in [0.4, 0.5) is 10.5 Å². The van der Waals surface area contributed by atoms with Gasteiger partial charge in [0.1, 0.15) is 18.1 Å². The molecule has 26 heavy (non-hydrogen) atoms. The number of urea groups is 1. The van der Waals surface area contributed by atoms with E-state index in [1.54, 1.807) is 12.1 Å². The molecule has 2 aromatic carbocycles. The monoisotopic (exact) mass is 374 g/mol. The van der Waals surface area contributed by atoms with Crippen LogP contribution >= 0.6 is 11.6 Å². The Balaban J connectivity index is 1.47. The zero-order valence-electron chi connectivity index (χ0n) is 15.0. The fourth-order valence-electron chi connectivity index (χ4n) is 3.07. The van der Waals surface area contributed by atoms with Gasteiger partial charge in [-0.3, -0.25) is 0 Å². The molecule has 5 nitrogen and oxygen atoms in total. The van der Waals surface area contributed by atoms with Gasteiger partial charge < -0.3 is 20.1 Å². The summed E-state index contributed by atoms with van der Waals surface area (Å²) in [5.74, 6) is 1.37. The second-order valence-electron chi connectivity index (χ2n) is 6.32. The molecule has 3 rings (SSSR count). The van der Waals surface area contributed by atoms with Crippen LogP contribution in [0.1, 0.15) is 23.1 Å². The van der Waals surface area contributed by atoms with Crippen LogP contribution in [0.15, 0.2) is 30.3 Å². The molecule has 0 heterocycles. The van der Waals surface area contributed by atoms with Gasteiger partial charge >= 0.3 is 6.03 Å². The molecule has 0 spiro atoms. The van der Waals surface area contributed by atoms with Crippen LogP contribution in [0.2, 0.25) is 5.02 Å². The minimum absolute atomic E-state index is 0.317. The van der Waals surface area contributed by atoms with Crippen LogP contribution < -0.4 is 20.1 Å². The summed E-state index contributed by atoms with van der Waals surface area (Å²) < 4.78 is 11.0. The Morgan fingerprint density at radius 1 is 1.19 bits per heavy atom. The number of nitrogens with one attached hydrogen (secondary N) is 2. The normalized spacial score (nSPS) is 12.4. The highest BCUT2D eigenvalue weighted by molar-refractivity contribution is 6.31. The van der Waals surface area contributed by atoms with E-state index in [9.17, 15) is 4.79 Å². The first-order valence-corrected chi connectivity index (χ1v) is 9.08. The third-order valence-corrected chi connectivity index (χ3v) is 4.86. The van der Waals surface area contributed by atoms with Gasteiger partial charge in [0.05, 0.1) is 19.3 Å². The summed E-state index contributed by atoms with van der Waals surface area (Å²) in [6.07, 6.45) is 3.49. The summed E-state index contributed by atoms with van der Waals surface area (Å²) in [6, 6.07) is 9.37. The summed E-state index contributed by atoms with van der Waals surface area (Å²) in [6.45, 7) is 2.68. The van der Waals surface area contributed by atoms with Gasteiger partial charge in [-0.05, 0) is 61.1 Å². The van der Waals surface area contributed by atoms with Crippen LogP contribution in [-0.4, -0.2) is 26.3 Å². The van der Waals surface area contributed by atoms with E-state index in [2.05, 4.69) is 22.8 Å². The number of hydrogen-bond acceptors (Lipinski definition) is 3.